The Morgan fingerprint density at radius 1 is 1.24 bits per heavy atom. The summed E-state index contributed by atoms with van der Waals surface area (Å²) in [4.78, 5) is 3.48. The minimum absolute atomic E-state index is 0.0650. The first-order valence-corrected chi connectivity index (χ1v) is 7.87. The van der Waals surface area contributed by atoms with Crippen LogP contribution in [0.2, 0.25) is 0 Å². The maximum Gasteiger partial charge on any atom is 0.417 e. The Morgan fingerprint density at radius 3 is 2.24 bits per heavy atom. The molecule has 0 atom stereocenters. The fourth-order valence-electron chi connectivity index (χ4n) is 1.88. The molecule has 0 radical (unpaired) electrons. The van der Waals surface area contributed by atoms with E-state index in [4.69, 9.17) is 10.7 Å². The van der Waals surface area contributed by atoms with Crippen LogP contribution in [0.5, 0.6) is 0 Å². The lowest BCUT2D eigenvalue weighted by atomic mass is 10.3. The number of aryl methyl sites for hydroxylation is 1. The molecule has 114 valence electrons. The van der Waals surface area contributed by atoms with E-state index in [9.17, 15) is 21.6 Å². The molecular formula is C11H9ClF3N3O2S. The topological polar surface area (TPSA) is 64.8 Å². The summed E-state index contributed by atoms with van der Waals surface area (Å²) in [5.41, 5.74) is -0.586. The second-order valence-corrected chi connectivity index (χ2v) is 6.76. The maximum atomic E-state index is 12.5. The van der Waals surface area contributed by atoms with E-state index < -0.39 is 20.8 Å². The Kier molecular flexibility index (Phi) is 3.75. The highest BCUT2D eigenvalue weighted by molar-refractivity contribution is 8.13. The van der Waals surface area contributed by atoms with Gasteiger partial charge in [-0.05, 0) is 26.0 Å². The molecule has 2 aromatic heterocycles. The van der Waals surface area contributed by atoms with Crippen molar-refractivity contribution >= 4 is 19.7 Å². The molecule has 2 aromatic rings. The highest BCUT2D eigenvalue weighted by Crippen LogP contribution is 2.29. The van der Waals surface area contributed by atoms with Crippen molar-refractivity contribution in [1.29, 1.82) is 0 Å². The van der Waals surface area contributed by atoms with Crippen molar-refractivity contribution in [1.82, 2.24) is 14.8 Å². The molecular weight excluding hydrogens is 331 g/mol. The van der Waals surface area contributed by atoms with Crippen LogP contribution in [0.1, 0.15) is 17.0 Å². The monoisotopic (exact) mass is 339 g/mol. The molecule has 10 heteroatoms. The predicted molar refractivity (Wildman–Crippen MR) is 68.9 cm³/mol. The van der Waals surface area contributed by atoms with Crippen LogP contribution >= 0.6 is 10.7 Å². The number of rotatable bonds is 2. The van der Waals surface area contributed by atoms with E-state index >= 15 is 0 Å². The van der Waals surface area contributed by atoms with Gasteiger partial charge in [0.25, 0.3) is 9.05 Å². The predicted octanol–water partition coefficient (Wildman–Crippen LogP) is 2.83. The molecule has 0 aromatic carbocycles. The molecule has 2 rings (SSSR count). The molecule has 0 saturated carbocycles. The molecule has 0 amide bonds. The number of pyridine rings is 1. The number of halogens is 4. The molecule has 0 aliphatic carbocycles. The largest absolute Gasteiger partial charge is 0.417 e. The van der Waals surface area contributed by atoms with Crippen LogP contribution in [0.25, 0.3) is 5.82 Å². The van der Waals surface area contributed by atoms with Gasteiger partial charge < -0.3 is 0 Å². The van der Waals surface area contributed by atoms with Crippen LogP contribution in [0.15, 0.2) is 23.2 Å². The van der Waals surface area contributed by atoms with Crippen molar-refractivity contribution in [2.75, 3.05) is 0 Å². The molecule has 5 nitrogen and oxygen atoms in total. The van der Waals surface area contributed by atoms with Gasteiger partial charge in [-0.25, -0.2) is 18.1 Å². The Balaban J connectivity index is 2.54. The van der Waals surface area contributed by atoms with Gasteiger partial charge in [0.2, 0.25) is 0 Å². The summed E-state index contributed by atoms with van der Waals surface area (Å²) in [5.74, 6) is 0.0650. The van der Waals surface area contributed by atoms with E-state index in [0.29, 0.717) is 6.20 Å². The second kappa shape index (κ2) is 4.99. The maximum absolute atomic E-state index is 12.5. The summed E-state index contributed by atoms with van der Waals surface area (Å²) in [6, 6.07) is 1.94. The van der Waals surface area contributed by atoms with Crippen LogP contribution in [0.4, 0.5) is 13.2 Å². The summed E-state index contributed by atoms with van der Waals surface area (Å²) in [5, 5.41) is 3.95. The molecule has 0 saturated heterocycles. The van der Waals surface area contributed by atoms with Crippen molar-refractivity contribution in [3.63, 3.8) is 0 Å². The lowest BCUT2D eigenvalue weighted by Crippen LogP contribution is -2.08. The van der Waals surface area contributed by atoms with Crippen LogP contribution in [0.3, 0.4) is 0 Å². The van der Waals surface area contributed by atoms with Gasteiger partial charge in [-0.3, -0.25) is 0 Å². The van der Waals surface area contributed by atoms with E-state index in [1.807, 2.05) is 0 Å². The number of nitrogens with zero attached hydrogens (tertiary/aromatic N) is 3. The molecule has 0 N–H and O–H groups in total. The minimum Gasteiger partial charge on any atom is -0.236 e. The summed E-state index contributed by atoms with van der Waals surface area (Å²) in [7, 11) is 1.30. The van der Waals surface area contributed by atoms with Gasteiger partial charge in [0.05, 0.1) is 17.0 Å². The summed E-state index contributed by atoms with van der Waals surface area (Å²) < 4.78 is 61.4. The summed E-state index contributed by atoms with van der Waals surface area (Å²) >= 11 is 0. The standard InChI is InChI=1S/C11H9ClF3N3O2S/c1-6-10(21(12,19)20)7(2)18(17-6)9-4-3-8(5-16-9)11(13,14)15/h3-5H,1-2H3. The quantitative estimate of drug-likeness (QED) is 0.789. The van der Waals surface area contributed by atoms with Gasteiger partial charge in [0, 0.05) is 16.9 Å². The van der Waals surface area contributed by atoms with E-state index in [1.165, 1.54) is 13.8 Å². The molecule has 21 heavy (non-hydrogen) atoms. The molecule has 0 aliphatic heterocycles. The SMILES string of the molecule is Cc1nn(-c2ccc(C(F)(F)F)cn2)c(C)c1S(=O)(=O)Cl. The third-order valence-corrected chi connectivity index (χ3v) is 4.30. The number of hydrogen-bond acceptors (Lipinski definition) is 4. The van der Waals surface area contributed by atoms with Crippen molar-refractivity contribution in [3.8, 4) is 5.82 Å². The zero-order chi connectivity index (χ0) is 16.0. The van der Waals surface area contributed by atoms with Crippen molar-refractivity contribution in [2.45, 2.75) is 24.9 Å². The second-order valence-electron chi connectivity index (χ2n) is 4.25. The zero-order valence-electron chi connectivity index (χ0n) is 10.8. The Morgan fingerprint density at radius 2 is 1.86 bits per heavy atom. The van der Waals surface area contributed by atoms with Crippen molar-refractivity contribution in [2.24, 2.45) is 0 Å². The first kappa shape index (κ1) is 15.8. The van der Waals surface area contributed by atoms with Gasteiger partial charge >= 0.3 is 6.18 Å². The molecule has 2 heterocycles. The summed E-state index contributed by atoms with van der Waals surface area (Å²) in [6.07, 6.45) is -3.84. The van der Waals surface area contributed by atoms with Gasteiger partial charge in [-0.1, -0.05) is 0 Å². The van der Waals surface area contributed by atoms with Gasteiger partial charge in [-0.15, -0.1) is 0 Å². The van der Waals surface area contributed by atoms with Crippen LogP contribution in [0, 0.1) is 13.8 Å². The molecule has 0 fully saturated rings. The minimum atomic E-state index is -4.49. The lowest BCUT2D eigenvalue weighted by Gasteiger charge is -2.07. The van der Waals surface area contributed by atoms with Gasteiger partial charge in [0.1, 0.15) is 4.90 Å². The highest BCUT2D eigenvalue weighted by atomic mass is 35.7. The van der Waals surface area contributed by atoms with Crippen LogP contribution in [-0.4, -0.2) is 23.2 Å². The lowest BCUT2D eigenvalue weighted by molar-refractivity contribution is -0.137. The first-order valence-electron chi connectivity index (χ1n) is 5.56. The highest BCUT2D eigenvalue weighted by Gasteiger charge is 2.31. The Hall–Kier alpha value is -1.61. The van der Waals surface area contributed by atoms with Crippen molar-refractivity contribution < 1.29 is 21.6 Å². The fraction of sp³-hybridized carbons (Fsp3) is 0.273. The zero-order valence-corrected chi connectivity index (χ0v) is 12.4. The van der Waals surface area contributed by atoms with Crippen LogP contribution in [-0.2, 0) is 15.2 Å². The number of alkyl halides is 3. The fourth-order valence-corrected chi connectivity index (χ4v) is 3.39. The first-order chi connectivity index (χ1) is 9.51. The van der Waals surface area contributed by atoms with Gasteiger partial charge in [-0.2, -0.15) is 18.3 Å². The third-order valence-electron chi connectivity index (χ3n) is 2.76. The number of hydrogen-bond donors (Lipinski definition) is 0. The Labute approximate surface area is 122 Å². The van der Waals surface area contributed by atoms with E-state index in [0.717, 1.165) is 16.8 Å². The van der Waals surface area contributed by atoms with Gasteiger partial charge in [0.15, 0.2) is 5.82 Å². The van der Waals surface area contributed by atoms with E-state index in [2.05, 4.69) is 10.1 Å². The smallest absolute Gasteiger partial charge is 0.236 e. The Bertz CT molecular complexity index is 782. The molecule has 0 unspecified atom stereocenters. The van der Waals surface area contributed by atoms with Crippen LogP contribution < -0.4 is 0 Å². The van der Waals surface area contributed by atoms with E-state index in [1.54, 1.807) is 0 Å². The van der Waals surface area contributed by atoms with E-state index in [-0.39, 0.29) is 22.1 Å². The average molecular weight is 340 g/mol. The molecule has 0 spiro atoms. The van der Waals surface area contributed by atoms with Crippen molar-refractivity contribution in [3.05, 3.63) is 35.3 Å². The summed E-state index contributed by atoms with van der Waals surface area (Å²) in [6.45, 7) is 2.87. The number of aromatic nitrogens is 3. The normalized spacial score (nSPS) is 12.7. The third kappa shape index (κ3) is 3.03. The molecule has 0 bridgehead atoms. The molecule has 0 aliphatic rings. The average Bonchev–Trinajstić information content (AvgIpc) is 2.63.